The molecule has 184 valence electrons. The first-order valence-electron chi connectivity index (χ1n) is 13.1. The lowest BCUT2D eigenvalue weighted by Crippen LogP contribution is -2.38. The number of benzene rings is 2. The molecule has 0 aliphatic heterocycles. The molecule has 5 rings (SSSR count). The van der Waals surface area contributed by atoms with Gasteiger partial charge in [0.25, 0.3) is 5.91 Å². The molecule has 0 saturated heterocycles. The van der Waals surface area contributed by atoms with Crippen LogP contribution in [-0.4, -0.2) is 29.6 Å². The summed E-state index contributed by atoms with van der Waals surface area (Å²) in [5.41, 5.74) is 1.29. The molecule has 5 heteroatoms. The van der Waals surface area contributed by atoms with Gasteiger partial charge in [-0.3, -0.25) is 9.59 Å². The zero-order chi connectivity index (χ0) is 24.4. The Bertz CT molecular complexity index is 1160. The average molecular weight is 473 g/mol. The lowest BCUT2D eigenvalue weighted by Gasteiger charge is -2.36. The summed E-state index contributed by atoms with van der Waals surface area (Å²) in [4.78, 5) is 23.9. The van der Waals surface area contributed by atoms with Crippen LogP contribution in [0.25, 0.3) is 10.8 Å². The number of hydrogen-bond acceptors (Lipinski definition) is 3. The molecule has 4 atom stereocenters. The number of nitrogens with one attached hydrogen (secondary N) is 2. The van der Waals surface area contributed by atoms with E-state index >= 15 is 0 Å². The van der Waals surface area contributed by atoms with Crippen molar-refractivity contribution >= 4 is 22.6 Å². The second-order valence-electron chi connectivity index (χ2n) is 10.8. The highest BCUT2D eigenvalue weighted by molar-refractivity contribution is 5.96. The van der Waals surface area contributed by atoms with Crippen molar-refractivity contribution < 1.29 is 14.7 Å². The van der Waals surface area contributed by atoms with E-state index in [-0.39, 0.29) is 12.5 Å². The van der Waals surface area contributed by atoms with Crippen molar-refractivity contribution in [2.24, 2.45) is 17.3 Å². The van der Waals surface area contributed by atoms with Crippen molar-refractivity contribution in [3.05, 3.63) is 71.8 Å². The number of allylic oxidation sites excluding steroid dienone is 2. The molecule has 5 nitrogen and oxygen atoms in total. The highest BCUT2D eigenvalue weighted by Gasteiger charge is 2.50. The third kappa shape index (κ3) is 5.20. The van der Waals surface area contributed by atoms with Gasteiger partial charge >= 0.3 is 5.97 Å². The number of fused-ring (bicyclic) bond motifs is 1. The monoisotopic (exact) mass is 472 g/mol. The van der Waals surface area contributed by atoms with Gasteiger partial charge in [-0.1, -0.05) is 67.1 Å². The Morgan fingerprint density at radius 3 is 2.66 bits per heavy atom. The van der Waals surface area contributed by atoms with E-state index in [1.807, 2.05) is 12.2 Å². The summed E-state index contributed by atoms with van der Waals surface area (Å²) in [7, 11) is 0. The van der Waals surface area contributed by atoms with Crippen LogP contribution in [0.2, 0.25) is 0 Å². The number of aliphatic carboxylic acids is 1. The van der Waals surface area contributed by atoms with Crippen LogP contribution in [-0.2, 0) is 9.59 Å². The number of carboxylic acids is 1. The SMILES string of the molecule is C[C@@H](NC1CCC[C@H](C2C=CC(C(=O)NCC3(C(=O)O)CC3)=CC2)C1)c1cccc2ccccc12. The number of rotatable bonds is 8. The highest BCUT2D eigenvalue weighted by Crippen LogP contribution is 2.45. The molecule has 3 N–H and O–H groups in total. The van der Waals surface area contributed by atoms with Crippen molar-refractivity contribution in [2.45, 2.75) is 64.0 Å². The van der Waals surface area contributed by atoms with Gasteiger partial charge in [-0.05, 0) is 73.6 Å². The lowest BCUT2D eigenvalue weighted by atomic mass is 9.74. The Morgan fingerprint density at radius 1 is 1.11 bits per heavy atom. The molecule has 0 spiro atoms. The Balaban J connectivity index is 1.15. The fourth-order valence-electron chi connectivity index (χ4n) is 5.96. The molecule has 35 heavy (non-hydrogen) atoms. The van der Waals surface area contributed by atoms with E-state index in [9.17, 15) is 14.7 Å². The summed E-state index contributed by atoms with van der Waals surface area (Å²) in [6, 6.07) is 16.0. The molecule has 0 bridgehead atoms. The maximum Gasteiger partial charge on any atom is 0.311 e. The van der Waals surface area contributed by atoms with Gasteiger partial charge in [0.15, 0.2) is 0 Å². The van der Waals surface area contributed by atoms with Gasteiger partial charge in [0.05, 0.1) is 5.41 Å². The summed E-state index contributed by atoms with van der Waals surface area (Å²) in [6.45, 7) is 2.50. The topological polar surface area (TPSA) is 78.4 Å². The van der Waals surface area contributed by atoms with Crippen molar-refractivity contribution in [1.82, 2.24) is 10.6 Å². The molecule has 2 saturated carbocycles. The smallest absolute Gasteiger partial charge is 0.311 e. The van der Waals surface area contributed by atoms with Gasteiger partial charge in [-0.2, -0.15) is 0 Å². The van der Waals surface area contributed by atoms with Crippen molar-refractivity contribution in [3.63, 3.8) is 0 Å². The summed E-state index contributed by atoms with van der Waals surface area (Å²) in [5.74, 6) is 0.109. The van der Waals surface area contributed by atoms with E-state index < -0.39 is 11.4 Å². The van der Waals surface area contributed by atoms with Gasteiger partial charge in [-0.25, -0.2) is 0 Å². The summed E-state index contributed by atoms with van der Waals surface area (Å²) in [6.07, 6.45) is 13.2. The fourth-order valence-corrected chi connectivity index (χ4v) is 5.96. The molecule has 2 aromatic rings. The van der Waals surface area contributed by atoms with Crippen molar-refractivity contribution in [3.8, 4) is 0 Å². The van der Waals surface area contributed by atoms with Gasteiger partial charge < -0.3 is 15.7 Å². The predicted molar refractivity (Wildman–Crippen MR) is 139 cm³/mol. The first kappa shape index (κ1) is 23.8. The largest absolute Gasteiger partial charge is 0.481 e. The molecule has 2 fully saturated rings. The predicted octanol–water partition coefficient (Wildman–Crippen LogP) is 5.53. The van der Waals surface area contributed by atoms with Gasteiger partial charge in [-0.15, -0.1) is 0 Å². The third-order valence-electron chi connectivity index (χ3n) is 8.39. The zero-order valence-corrected chi connectivity index (χ0v) is 20.5. The van der Waals surface area contributed by atoms with Crippen LogP contribution in [0, 0.1) is 17.3 Å². The van der Waals surface area contributed by atoms with Crippen LogP contribution in [0.1, 0.15) is 63.5 Å². The van der Waals surface area contributed by atoms with Crippen LogP contribution in [0.15, 0.2) is 66.3 Å². The number of carbonyl (C=O) groups is 2. The summed E-state index contributed by atoms with van der Waals surface area (Å²) >= 11 is 0. The average Bonchev–Trinajstić information content (AvgIpc) is 3.69. The molecular formula is C30H36N2O3. The van der Waals surface area contributed by atoms with Crippen LogP contribution in [0.4, 0.5) is 0 Å². The molecule has 0 radical (unpaired) electrons. The minimum Gasteiger partial charge on any atom is -0.481 e. The molecule has 3 aliphatic rings. The number of carboxylic acid groups (broad SMARTS) is 1. The van der Waals surface area contributed by atoms with E-state index in [1.54, 1.807) is 0 Å². The molecule has 2 unspecified atom stereocenters. The molecule has 0 heterocycles. The Kier molecular flexibility index (Phi) is 6.79. The van der Waals surface area contributed by atoms with Crippen LogP contribution in [0.3, 0.4) is 0 Å². The van der Waals surface area contributed by atoms with Crippen molar-refractivity contribution in [1.29, 1.82) is 0 Å². The van der Waals surface area contributed by atoms with E-state index in [4.69, 9.17) is 0 Å². The molecular weight excluding hydrogens is 436 g/mol. The van der Waals surface area contributed by atoms with Crippen LogP contribution >= 0.6 is 0 Å². The van der Waals surface area contributed by atoms with Gasteiger partial charge in [0.1, 0.15) is 0 Å². The second-order valence-corrected chi connectivity index (χ2v) is 10.8. The Labute approximate surface area is 207 Å². The van der Waals surface area contributed by atoms with E-state index in [0.717, 1.165) is 12.8 Å². The standard InChI is InChI=1S/C30H36N2O3/c1-20(26-11-5-7-22-6-2-3-10-27(22)26)32-25-9-4-8-24(18-25)21-12-14-23(15-13-21)28(33)31-19-30(16-17-30)29(34)35/h2-3,5-7,10-12,14-15,20-21,24-25,32H,4,8-9,13,16-19H2,1H3,(H,31,33)(H,34,35)/t20-,21?,24+,25?/m1/s1. The molecule has 3 aliphatic carbocycles. The maximum atomic E-state index is 12.5. The number of amides is 1. The Morgan fingerprint density at radius 2 is 1.91 bits per heavy atom. The number of carbonyl (C=O) groups excluding carboxylic acids is 1. The van der Waals surface area contributed by atoms with Crippen LogP contribution in [0.5, 0.6) is 0 Å². The fraction of sp³-hybridized carbons (Fsp3) is 0.467. The number of hydrogen-bond donors (Lipinski definition) is 3. The first-order valence-corrected chi connectivity index (χ1v) is 13.1. The van der Waals surface area contributed by atoms with E-state index in [2.05, 4.69) is 66.1 Å². The quantitative estimate of drug-likeness (QED) is 0.472. The molecule has 2 aromatic carbocycles. The minimum atomic E-state index is -0.804. The molecule has 0 aromatic heterocycles. The minimum absolute atomic E-state index is 0.153. The summed E-state index contributed by atoms with van der Waals surface area (Å²) < 4.78 is 0. The normalized spacial score (nSPS) is 26.1. The van der Waals surface area contributed by atoms with Gasteiger partial charge in [0, 0.05) is 24.2 Å². The van der Waals surface area contributed by atoms with Crippen molar-refractivity contribution in [2.75, 3.05) is 6.54 Å². The third-order valence-corrected chi connectivity index (χ3v) is 8.39. The lowest BCUT2D eigenvalue weighted by molar-refractivity contribution is -0.143. The zero-order valence-electron chi connectivity index (χ0n) is 20.5. The highest BCUT2D eigenvalue weighted by atomic mass is 16.4. The first-order chi connectivity index (χ1) is 16.9. The van der Waals surface area contributed by atoms with E-state index in [1.165, 1.54) is 35.6 Å². The van der Waals surface area contributed by atoms with Crippen LogP contribution < -0.4 is 10.6 Å². The van der Waals surface area contributed by atoms with E-state index in [0.29, 0.717) is 42.3 Å². The second kappa shape index (κ2) is 9.98. The molecule has 1 amide bonds. The maximum absolute atomic E-state index is 12.5. The summed E-state index contributed by atoms with van der Waals surface area (Å²) in [5, 5.41) is 18.7. The Hall–Kier alpha value is -2.92. The van der Waals surface area contributed by atoms with Gasteiger partial charge in [0.2, 0.25) is 0 Å².